The molecule has 2 bridgehead atoms. The fraction of sp³-hybridized carbons (Fsp3) is 0.467. The van der Waals surface area contributed by atoms with Gasteiger partial charge in [0, 0.05) is 18.1 Å². The first-order chi connectivity index (χ1) is 10.2. The Morgan fingerprint density at radius 1 is 1.48 bits per heavy atom. The molecule has 6 heteroatoms. The standard InChI is InChI=1S/C15H17N3O2S/c1-8-7-16-15(20-8)13-5-4-12(21-13)14(19)18-11-6-9-2-3-10(11)17-9/h4-5,7,9-11,17H,2-3,6H2,1H3,(H,18,19)/t9-,10+,11-/m1/s1. The third-order valence-corrected chi connectivity index (χ3v) is 5.35. The van der Waals surface area contributed by atoms with Crippen molar-refractivity contribution in [1.29, 1.82) is 0 Å². The Hall–Kier alpha value is -1.66. The number of rotatable bonds is 3. The lowest BCUT2D eigenvalue weighted by molar-refractivity contribution is 0.0935. The van der Waals surface area contributed by atoms with Crippen LogP contribution in [0.2, 0.25) is 0 Å². The number of fused-ring (bicyclic) bond motifs is 2. The zero-order chi connectivity index (χ0) is 14.4. The summed E-state index contributed by atoms with van der Waals surface area (Å²) >= 11 is 1.42. The van der Waals surface area contributed by atoms with Crippen LogP contribution in [-0.4, -0.2) is 29.0 Å². The molecular weight excluding hydrogens is 286 g/mol. The Bertz CT molecular complexity index is 678. The number of amides is 1. The van der Waals surface area contributed by atoms with Gasteiger partial charge in [0.25, 0.3) is 5.91 Å². The summed E-state index contributed by atoms with van der Waals surface area (Å²) in [5, 5.41) is 6.69. The maximum atomic E-state index is 12.3. The lowest BCUT2D eigenvalue weighted by Gasteiger charge is -2.20. The van der Waals surface area contributed by atoms with E-state index >= 15 is 0 Å². The maximum absolute atomic E-state index is 12.3. The SMILES string of the molecule is Cc1cnc(-c2ccc(C(=O)N[C@@H]3C[C@H]4CC[C@@H]3N4)s2)o1. The van der Waals surface area contributed by atoms with Gasteiger partial charge in [-0.15, -0.1) is 11.3 Å². The van der Waals surface area contributed by atoms with Crippen LogP contribution in [0.25, 0.3) is 10.8 Å². The van der Waals surface area contributed by atoms with Crippen LogP contribution in [0, 0.1) is 6.92 Å². The number of aromatic nitrogens is 1. The van der Waals surface area contributed by atoms with Crippen LogP contribution >= 0.6 is 11.3 Å². The highest BCUT2D eigenvalue weighted by Gasteiger charge is 2.39. The summed E-state index contributed by atoms with van der Waals surface area (Å²) in [6.07, 6.45) is 5.15. The van der Waals surface area contributed by atoms with Crippen molar-refractivity contribution in [2.45, 2.75) is 44.3 Å². The van der Waals surface area contributed by atoms with Gasteiger partial charge < -0.3 is 15.1 Å². The summed E-state index contributed by atoms with van der Waals surface area (Å²) in [7, 11) is 0. The molecule has 2 aliphatic heterocycles. The van der Waals surface area contributed by atoms with Crippen molar-refractivity contribution in [2.75, 3.05) is 0 Å². The number of hydrogen-bond acceptors (Lipinski definition) is 5. The Balaban J connectivity index is 1.46. The van der Waals surface area contributed by atoms with Crippen LogP contribution in [0.15, 0.2) is 22.7 Å². The number of oxazole rings is 1. The van der Waals surface area contributed by atoms with Gasteiger partial charge >= 0.3 is 0 Å². The van der Waals surface area contributed by atoms with Crippen LogP contribution in [0.1, 0.15) is 34.7 Å². The molecule has 110 valence electrons. The highest BCUT2D eigenvalue weighted by molar-refractivity contribution is 7.17. The number of hydrogen-bond donors (Lipinski definition) is 2. The minimum atomic E-state index is 0.00822. The maximum Gasteiger partial charge on any atom is 0.261 e. The van der Waals surface area contributed by atoms with E-state index in [1.807, 2.05) is 19.1 Å². The molecule has 0 aliphatic carbocycles. The molecule has 4 rings (SSSR count). The first kappa shape index (κ1) is 13.0. The Morgan fingerprint density at radius 2 is 2.38 bits per heavy atom. The molecule has 2 N–H and O–H groups in total. The molecule has 21 heavy (non-hydrogen) atoms. The van der Waals surface area contributed by atoms with E-state index < -0.39 is 0 Å². The topological polar surface area (TPSA) is 67.2 Å². The van der Waals surface area contributed by atoms with Gasteiger partial charge in [-0.05, 0) is 38.3 Å². The van der Waals surface area contributed by atoms with E-state index in [1.54, 1.807) is 6.20 Å². The number of carbonyl (C=O) groups is 1. The normalized spacial score (nSPS) is 27.2. The van der Waals surface area contributed by atoms with Gasteiger partial charge in [-0.3, -0.25) is 4.79 Å². The number of thiophene rings is 1. The molecule has 0 spiro atoms. The molecule has 0 radical (unpaired) electrons. The summed E-state index contributed by atoms with van der Waals surface area (Å²) in [4.78, 5) is 18.1. The number of nitrogens with one attached hydrogen (secondary N) is 2. The van der Waals surface area contributed by atoms with Crippen LogP contribution < -0.4 is 10.6 Å². The second-order valence-corrected chi connectivity index (χ2v) is 6.89. The van der Waals surface area contributed by atoms with Gasteiger partial charge in [-0.25, -0.2) is 4.98 Å². The van der Waals surface area contributed by atoms with E-state index in [-0.39, 0.29) is 11.9 Å². The summed E-state index contributed by atoms with van der Waals surface area (Å²) in [5.74, 6) is 1.37. The molecule has 0 saturated carbocycles. The van der Waals surface area contributed by atoms with Crippen LogP contribution in [-0.2, 0) is 0 Å². The fourth-order valence-corrected chi connectivity index (χ4v) is 4.11. The predicted molar refractivity (Wildman–Crippen MR) is 80.4 cm³/mol. The zero-order valence-electron chi connectivity index (χ0n) is 11.8. The van der Waals surface area contributed by atoms with E-state index in [1.165, 1.54) is 24.2 Å². The third kappa shape index (κ3) is 2.38. The summed E-state index contributed by atoms with van der Waals surface area (Å²) in [6, 6.07) is 5.05. The van der Waals surface area contributed by atoms with Crippen molar-refractivity contribution < 1.29 is 9.21 Å². The van der Waals surface area contributed by atoms with Gasteiger partial charge in [-0.2, -0.15) is 0 Å². The lowest BCUT2D eigenvalue weighted by Crippen LogP contribution is -2.42. The molecule has 0 unspecified atom stereocenters. The fourth-order valence-electron chi connectivity index (χ4n) is 3.27. The molecule has 2 aromatic heterocycles. The van der Waals surface area contributed by atoms with E-state index in [0.29, 0.717) is 22.9 Å². The molecule has 4 heterocycles. The first-order valence-corrected chi connectivity index (χ1v) is 8.10. The molecular formula is C15H17N3O2S. The van der Waals surface area contributed by atoms with E-state index in [0.717, 1.165) is 17.1 Å². The molecule has 3 atom stereocenters. The van der Waals surface area contributed by atoms with Gasteiger partial charge in [0.1, 0.15) is 5.76 Å². The summed E-state index contributed by atoms with van der Waals surface area (Å²) < 4.78 is 5.49. The summed E-state index contributed by atoms with van der Waals surface area (Å²) in [6.45, 7) is 1.86. The Kier molecular flexibility index (Phi) is 3.08. The highest BCUT2D eigenvalue weighted by Crippen LogP contribution is 2.30. The quantitative estimate of drug-likeness (QED) is 0.913. The number of aryl methyl sites for hydroxylation is 1. The number of nitrogens with zero attached hydrogens (tertiary/aromatic N) is 1. The van der Waals surface area contributed by atoms with Crippen LogP contribution in [0.3, 0.4) is 0 Å². The number of carbonyl (C=O) groups excluding carboxylic acids is 1. The van der Waals surface area contributed by atoms with E-state index in [2.05, 4.69) is 15.6 Å². The van der Waals surface area contributed by atoms with Crippen molar-refractivity contribution in [3.05, 3.63) is 29.0 Å². The van der Waals surface area contributed by atoms with Crippen molar-refractivity contribution >= 4 is 17.2 Å². The molecule has 2 saturated heterocycles. The minimum absolute atomic E-state index is 0.00822. The van der Waals surface area contributed by atoms with E-state index in [4.69, 9.17) is 4.42 Å². The second-order valence-electron chi connectivity index (χ2n) is 5.80. The average molecular weight is 303 g/mol. The zero-order valence-corrected chi connectivity index (χ0v) is 12.6. The Labute approximate surface area is 126 Å². The highest BCUT2D eigenvalue weighted by atomic mass is 32.1. The van der Waals surface area contributed by atoms with Crippen molar-refractivity contribution in [3.63, 3.8) is 0 Å². The second kappa shape index (κ2) is 4.96. The van der Waals surface area contributed by atoms with Crippen molar-refractivity contribution in [2.24, 2.45) is 0 Å². The van der Waals surface area contributed by atoms with Gasteiger partial charge in [0.2, 0.25) is 5.89 Å². The summed E-state index contributed by atoms with van der Waals surface area (Å²) in [5.41, 5.74) is 0. The van der Waals surface area contributed by atoms with Crippen LogP contribution in [0.5, 0.6) is 0 Å². The average Bonchev–Trinajstić information content (AvgIpc) is 3.22. The molecule has 2 aromatic rings. The molecule has 2 aliphatic rings. The molecule has 1 amide bonds. The molecule has 0 aromatic carbocycles. The first-order valence-electron chi connectivity index (χ1n) is 7.28. The van der Waals surface area contributed by atoms with Gasteiger partial charge in [0.15, 0.2) is 0 Å². The van der Waals surface area contributed by atoms with E-state index in [9.17, 15) is 4.79 Å². The third-order valence-electron chi connectivity index (χ3n) is 4.28. The Morgan fingerprint density at radius 3 is 3.05 bits per heavy atom. The van der Waals surface area contributed by atoms with Crippen molar-refractivity contribution in [1.82, 2.24) is 15.6 Å². The smallest absolute Gasteiger partial charge is 0.261 e. The minimum Gasteiger partial charge on any atom is -0.441 e. The van der Waals surface area contributed by atoms with Gasteiger partial charge in [0.05, 0.1) is 16.0 Å². The van der Waals surface area contributed by atoms with Crippen LogP contribution in [0.4, 0.5) is 0 Å². The van der Waals surface area contributed by atoms with Gasteiger partial charge in [-0.1, -0.05) is 0 Å². The largest absolute Gasteiger partial charge is 0.441 e. The lowest BCUT2D eigenvalue weighted by atomic mass is 9.95. The predicted octanol–water partition coefficient (Wildman–Crippen LogP) is 2.33. The molecule has 2 fully saturated rings. The van der Waals surface area contributed by atoms with Crippen molar-refractivity contribution in [3.8, 4) is 10.8 Å². The monoisotopic (exact) mass is 303 g/mol. The molecule has 5 nitrogen and oxygen atoms in total.